The average Bonchev–Trinajstić information content (AvgIpc) is 3.20. The third kappa shape index (κ3) is 2.64. The number of hydrogen-bond donors (Lipinski definition) is 1. The number of nitrogens with one attached hydrogen (secondary N) is 1. The number of rotatable bonds is 3. The van der Waals surface area contributed by atoms with Crippen LogP contribution in [0.2, 0.25) is 0 Å². The zero-order valence-corrected chi connectivity index (χ0v) is 18.1. The van der Waals surface area contributed by atoms with E-state index in [2.05, 4.69) is 46.7 Å². The molecule has 32 heavy (non-hydrogen) atoms. The van der Waals surface area contributed by atoms with Crippen molar-refractivity contribution in [2.24, 2.45) is 5.41 Å². The first-order valence-electron chi connectivity index (χ1n) is 10.5. The lowest BCUT2D eigenvalue weighted by atomic mass is 9.52. The maximum Gasteiger partial charge on any atom is 0.270 e. The van der Waals surface area contributed by atoms with E-state index in [9.17, 15) is 14.9 Å². The van der Waals surface area contributed by atoms with Gasteiger partial charge in [-0.05, 0) is 41.7 Å². The molecule has 7 heteroatoms. The number of anilines is 1. The number of hydrogen-bond acceptors (Lipinski definition) is 5. The van der Waals surface area contributed by atoms with E-state index < -0.39 is 10.3 Å². The summed E-state index contributed by atoms with van der Waals surface area (Å²) in [5.41, 5.74) is 5.10. The first-order valence-corrected chi connectivity index (χ1v) is 11.3. The molecule has 1 aromatic heterocycles. The lowest BCUT2D eigenvalue weighted by Crippen LogP contribution is -2.47. The molecular weight excluding hydrogens is 422 g/mol. The number of nitro groups is 1. The Morgan fingerprint density at radius 2 is 1.69 bits per heavy atom. The van der Waals surface area contributed by atoms with Crippen LogP contribution in [0.1, 0.15) is 47.4 Å². The van der Waals surface area contributed by atoms with Crippen molar-refractivity contribution in [3.63, 3.8) is 0 Å². The van der Waals surface area contributed by atoms with Crippen LogP contribution in [0.4, 0.5) is 10.8 Å². The number of carbonyl (C=O) groups is 1. The maximum absolute atomic E-state index is 13.7. The van der Waals surface area contributed by atoms with Gasteiger partial charge in [-0.25, -0.2) is 4.98 Å². The van der Waals surface area contributed by atoms with E-state index in [1.165, 1.54) is 45.7 Å². The second kappa shape index (κ2) is 6.71. The van der Waals surface area contributed by atoms with Crippen LogP contribution in [-0.4, -0.2) is 15.8 Å². The summed E-state index contributed by atoms with van der Waals surface area (Å²) >= 11 is 1.26. The molecule has 1 unspecified atom stereocenters. The summed E-state index contributed by atoms with van der Waals surface area (Å²) in [6, 6.07) is 21.4. The number of nitrogens with zero attached hydrogens (tertiary/aromatic N) is 2. The van der Waals surface area contributed by atoms with Gasteiger partial charge in [0.05, 0.1) is 20.6 Å². The summed E-state index contributed by atoms with van der Waals surface area (Å²) < 4.78 is 0.681. The normalized spacial score (nSPS) is 22.9. The molecule has 158 valence electrons. The minimum absolute atomic E-state index is 0.0174. The van der Waals surface area contributed by atoms with Crippen LogP contribution < -0.4 is 5.32 Å². The van der Waals surface area contributed by atoms with Crippen molar-refractivity contribution in [2.45, 2.75) is 25.2 Å². The van der Waals surface area contributed by atoms with Crippen molar-refractivity contribution in [1.82, 2.24) is 4.98 Å². The molecule has 3 aromatic carbocycles. The molecule has 0 spiro atoms. The quantitative estimate of drug-likeness (QED) is 0.320. The van der Waals surface area contributed by atoms with Crippen LogP contribution in [0.5, 0.6) is 0 Å². The number of nitro benzene ring substituents is 1. The number of thiazole rings is 1. The summed E-state index contributed by atoms with van der Waals surface area (Å²) in [7, 11) is 0. The van der Waals surface area contributed by atoms with Gasteiger partial charge in [-0.1, -0.05) is 59.9 Å². The number of amides is 1. The van der Waals surface area contributed by atoms with E-state index in [1.54, 1.807) is 6.07 Å². The van der Waals surface area contributed by atoms with Crippen molar-refractivity contribution in [1.29, 1.82) is 0 Å². The molecule has 7 rings (SSSR count). The smallest absolute Gasteiger partial charge is 0.270 e. The zero-order valence-electron chi connectivity index (χ0n) is 17.2. The van der Waals surface area contributed by atoms with Gasteiger partial charge in [-0.2, -0.15) is 0 Å². The Morgan fingerprint density at radius 1 is 1.06 bits per heavy atom. The van der Waals surface area contributed by atoms with Gasteiger partial charge in [0.15, 0.2) is 5.13 Å². The third-order valence-electron chi connectivity index (χ3n) is 6.95. The number of aromatic nitrogens is 1. The fourth-order valence-electron chi connectivity index (χ4n) is 5.51. The lowest BCUT2D eigenvalue weighted by molar-refractivity contribution is -0.384. The molecular formula is C25H19N3O3S. The summed E-state index contributed by atoms with van der Waals surface area (Å²) in [5.74, 6) is 0.0848. The van der Waals surface area contributed by atoms with Gasteiger partial charge >= 0.3 is 0 Å². The molecule has 3 aliphatic rings. The van der Waals surface area contributed by atoms with Gasteiger partial charge in [0.25, 0.3) is 5.69 Å². The first-order chi connectivity index (χ1) is 15.5. The van der Waals surface area contributed by atoms with Crippen LogP contribution >= 0.6 is 11.3 Å². The van der Waals surface area contributed by atoms with E-state index in [0.29, 0.717) is 15.3 Å². The third-order valence-corrected chi connectivity index (χ3v) is 7.89. The second-order valence-electron chi connectivity index (χ2n) is 8.75. The van der Waals surface area contributed by atoms with Crippen molar-refractivity contribution in [3.8, 4) is 0 Å². The van der Waals surface area contributed by atoms with Crippen molar-refractivity contribution < 1.29 is 9.72 Å². The fraction of sp³-hybridized carbons (Fsp3) is 0.200. The van der Waals surface area contributed by atoms with Crippen LogP contribution in [0, 0.1) is 15.5 Å². The van der Waals surface area contributed by atoms with Gasteiger partial charge in [0, 0.05) is 24.0 Å². The molecule has 1 atom stereocenters. The van der Waals surface area contributed by atoms with E-state index >= 15 is 0 Å². The van der Waals surface area contributed by atoms with Crippen LogP contribution in [0.25, 0.3) is 10.2 Å². The largest absolute Gasteiger partial charge is 0.301 e. The van der Waals surface area contributed by atoms with E-state index in [0.717, 1.165) is 6.42 Å². The molecule has 0 saturated carbocycles. The number of benzene rings is 3. The minimum atomic E-state index is -0.628. The summed E-state index contributed by atoms with van der Waals surface area (Å²) in [6.07, 6.45) is 0.730. The lowest BCUT2D eigenvalue weighted by Gasteiger charge is -2.50. The maximum atomic E-state index is 13.7. The molecule has 3 aliphatic carbocycles. The van der Waals surface area contributed by atoms with Gasteiger partial charge in [-0.15, -0.1) is 0 Å². The average molecular weight is 442 g/mol. The predicted molar refractivity (Wildman–Crippen MR) is 124 cm³/mol. The molecule has 2 bridgehead atoms. The molecule has 0 aliphatic heterocycles. The molecule has 1 N–H and O–H groups in total. The van der Waals surface area contributed by atoms with E-state index in [4.69, 9.17) is 0 Å². The Morgan fingerprint density at radius 3 is 2.31 bits per heavy atom. The van der Waals surface area contributed by atoms with Gasteiger partial charge < -0.3 is 5.32 Å². The molecule has 6 nitrogen and oxygen atoms in total. The van der Waals surface area contributed by atoms with E-state index in [1.807, 2.05) is 19.1 Å². The fourth-order valence-corrected chi connectivity index (χ4v) is 6.40. The highest BCUT2D eigenvalue weighted by Gasteiger charge is 2.53. The number of non-ortho nitro benzene ring substituents is 1. The summed E-state index contributed by atoms with van der Waals surface area (Å²) in [6.45, 7) is 2.05. The predicted octanol–water partition coefficient (Wildman–Crippen LogP) is 5.83. The summed E-state index contributed by atoms with van der Waals surface area (Å²) in [4.78, 5) is 28.8. The van der Waals surface area contributed by atoms with Crippen LogP contribution in [0.15, 0.2) is 66.7 Å². The molecule has 0 saturated heterocycles. The highest BCUT2D eigenvalue weighted by molar-refractivity contribution is 7.22. The SMILES string of the molecule is CC1(C(=O)Nc2nc3ccc([N+](=O)[O-])cc3s2)CC2c3ccccc3C1c1ccccc12. The molecule has 0 radical (unpaired) electrons. The van der Waals surface area contributed by atoms with E-state index in [-0.39, 0.29) is 23.4 Å². The summed E-state index contributed by atoms with van der Waals surface area (Å²) in [5, 5.41) is 14.6. The van der Waals surface area contributed by atoms with Crippen LogP contribution in [-0.2, 0) is 4.79 Å². The van der Waals surface area contributed by atoms with Crippen molar-refractivity contribution in [3.05, 3.63) is 99.1 Å². The first kappa shape index (κ1) is 19.1. The Hall–Kier alpha value is -3.58. The van der Waals surface area contributed by atoms with Gasteiger partial charge in [0.2, 0.25) is 5.91 Å². The topological polar surface area (TPSA) is 85.1 Å². The van der Waals surface area contributed by atoms with Crippen molar-refractivity contribution >= 4 is 38.3 Å². The Labute approximate surface area is 188 Å². The number of fused-ring (bicyclic) bond motifs is 2. The molecule has 4 aromatic rings. The molecule has 1 heterocycles. The second-order valence-corrected chi connectivity index (χ2v) is 9.78. The molecule has 1 amide bonds. The zero-order chi connectivity index (χ0) is 22.0. The van der Waals surface area contributed by atoms with Gasteiger partial charge in [0.1, 0.15) is 0 Å². The molecule has 0 fully saturated rings. The number of carbonyl (C=O) groups excluding carboxylic acids is 1. The van der Waals surface area contributed by atoms with Crippen LogP contribution in [0.3, 0.4) is 0 Å². The Bertz CT molecular complexity index is 1380. The highest BCUT2D eigenvalue weighted by Crippen LogP contribution is 2.61. The van der Waals surface area contributed by atoms with Crippen molar-refractivity contribution in [2.75, 3.05) is 5.32 Å². The monoisotopic (exact) mass is 441 g/mol. The Balaban J connectivity index is 1.39. The Kier molecular flexibility index (Phi) is 4.01. The standard InChI is InChI=1S/C25H19N3O3S/c1-25(23(29)27-24-26-20-11-10-14(28(30)31)12-21(20)32-24)13-19-15-6-2-4-8-17(15)22(25)18-9-5-3-7-16(18)19/h2-12,19,22H,13H2,1H3,(H,26,27,29). The minimum Gasteiger partial charge on any atom is -0.301 e. The highest BCUT2D eigenvalue weighted by atomic mass is 32.1. The van der Waals surface area contributed by atoms with Gasteiger partial charge in [-0.3, -0.25) is 14.9 Å².